The van der Waals surface area contributed by atoms with Gasteiger partial charge in [0.1, 0.15) is 0 Å². The summed E-state index contributed by atoms with van der Waals surface area (Å²) in [4.78, 5) is 40.7. The molecule has 0 spiro atoms. The molecule has 1 saturated heterocycles. The van der Waals surface area contributed by atoms with Crippen molar-refractivity contribution in [3.8, 4) is 5.75 Å². The van der Waals surface area contributed by atoms with Crippen LogP contribution in [0.3, 0.4) is 0 Å². The Labute approximate surface area is 178 Å². The minimum atomic E-state index is -0.632. The Kier molecular flexibility index (Phi) is 3.75. The third-order valence-electron chi connectivity index (χ3n) is 7.07. The molecule has 150 valence electrons. The molecule has 1 aliphatic heterocycles. The smallest absolute Gasteiger partial charge is 0.345 e. The topological polar surface area (TPSA) is 63.7 Å². The molecule has 2 saturated carbocycles. The number of hydrogen-bond acceptors (Lipinski definition) is 4. The van der Waals surface area contributed by atoms with Crippen LogP contribution in [0.1, 0.15) is 16.8 Å². The SMILES string of the molecule is O=C(Oc1ccccc1N1C(=O)[C@@H]2[C@@H]3C=C[C@H]([C@H]4C[C@H]34)[C@@H]2C1=O)c1ccccc1Cl. The number of allylic oxidation sites excluding steroid dienone is 2. The first kappa shape index (κ1) is 17.9. The minimum Gasteiger partial charge on any atom is -0.421 e. The molecule has 30 heavy (non-hydrogen) atoms. The molecule has 2 amide bonds. The summed E-state index contributed by atoms with van der Waals surface area (Å²) in [5.74, 6) is -0.0779. The lowest BCUT2D eigenvalue weighted by molar-refractivity contribution is -0.124. The van der Waals surface area contributed by atoms with Crippen LogP contribution in [-0.4, -0.2) is 17.8 Å². The molecule has 4 aliphatic carbocycles. The number of carbonyl (C=O) groups is 3. The summed E-state index contributed by atoms with van der Waals surface area (Å²) >= 11 is 6.11. The van der Waals surface area contributed by atoms with Crippen LogP contribution in [0.15, 0.2) is 60.7 Å². The Morgan fingerprint density at radius 3 is 2.17 bits per heavy atom. The molecule has 5 nitrogen and oxygen atoms in total. The Morgan fingerprint density at radius 2 is 1.50 bits per heavy atom. The van der Waals surface area contributed by atoms with Gasteiger partial charge in [-0.3, -0.25) is 9.59 Å². The predicted octanol–water partition coefficient (Wildman–Crippen LogP) is 4.12. The van der Waals surface area contributed by atoms with Crippen LogP contribution in [0, 0.1) is 35.5 Å². The van der Waals surface area contributed by atoms with E-state index in [9.17, 15) is 14.4 Å². The summed E-state index contributed by atoms with van der Waals surface area (Å²) < 4.78 is 5.59. The fraction of sp³-hybridized carbons (Fsp3) is 0.292. The molecule has 6 heteroatoms. The lowest BCUT2D eigenvalue weighted by atomic mass is 9.63. The maximum absolute atomic E-state index is 13.4. The van der Waals surface area contributed by atoms with Crippen molar-refractivity contribution in [2.75, 3.05) is 4.90 Å². The summed E-state index contributed by atoms with van der Waals surface area (Å²) in [6, 6.07) is 13.3. The maximum atomic E-state index is 13.4. The number of carbonyl (C=O) groups excluding carboxylic acids is 3. The van der Waals surface area contributed by atoms with E-state index in [2.05, 4.69) is 12.2 Å². The summed E-state index contributed by atoms with van der Waals surface area (Å²) in [5.41, 5.74) is 0.541. The largest absolute Gasteiger partial charge is 0.421 e. The van der Waals surface area contributed by atoms with E-state index >= 15 is 0 Å². The van der Waals surface area contributed by atoms with Crippen molar-refractivity contribution in [3.05, 3.63) is 71.3 Å². The molecule has 6 atom stereocenters. The number of hydrogen-bond donors (Lipinski definition) is 0. The summed E-state index contributed by atoms with van der Waals surface area (Å²) in [6.45, 7) is 0. The highest BCUT2D eigenvalue weighted by molar-refractivity contribution is 6.33. The third-order valence-corrected chi connectivity index (χ3v) is 7.39. The van der Waals surface area contributed by atoms with Gasteiger partial charge in [-0.05, 0) is 54.4 Å². The van der Waals surface area contributed by atoms with Gasteiger partial charge in [0.15, 0.2) is 5.75 Å². The fourth-order valence-corrected chi connectivity index (χ4v) is 5.92. The first-order chi connectivity index (χ1) is 14.6. The quantitative estimate of drug-likeness (QED) is 0.325. The molecule has 3 fully saturated rings. The van der Waals surface area contributed by atoms with Crippen LogP contribution in [0.4, 0.5) is 5.69 Å². The number of imide groups is 1. The highest BCUT2D eigenvalue weighted by Gasteiger charge is 2.67. The van der Waals surface area contributed by atoms with Crippen molar-refractivity contribution in [2.24, 2.45) is 35.5 Å². The predicted molar refractivity (Wildman–Crippen MR) is 110 cm³/mol. The van der Waals surface area contributed by atoms with Gasteiger partial charge in [0, 0.05) is 0 Å². The number of rotatable bonds is 3. The number of nitrogens with zero attached hydrogens (tertiary/aromatic N) is 1. The van der Waals surface area contributed by atoms with Gasteiger partial charge in [-0.2, -0.15) is 0 Å². The van der Waals surface area contributed by atoms with E-state index in [4.69, 9.17) is 16.3 Å². The lowest BCUT2D eigenvalue weighted by Gasteiger charge is -2.37. The number of amides is 2. The van der Waals surface area contributed by atoms with Crippen molar-refractivity contribution in [1.29, 1.82) is 0 Å². The molecule has 0 aromatic heterocycles. The average Bonchev–Trinajstić information content (AvgIpc) is 3.53. The standard InChI is InChI=1S/C24H18ClNO4/c25-17-6-2-1-5-14(17)24(29)30-19-8-4-3-7-18(19)26-22(27)20-12-9-10-13(16-11-15(12)16)21(20)23(26)28/h1-10,12-13,15-16,20-21H,11H2/t12-,13-,15-,16-,20-,21+/m1/s1. The van der Waals surface area contributed by atoms with Crippen LogP contribution in [-0.2, 0) is 9.59 Å². The molecular formula is C24H18ClNO4. The first-order valence-corrected chi connectivity index (χ1v) is 10.6. The molecular weight excluding hydrogens is 402 g/mol. The van der Waals surface area contributed by atoms with Crippen LogP contribution >= 0.6 is 11.6 Å². The minimum absolute atomic E-state index is 0.143. The van der Waals surface area contributed by atoms with Gasteiger partial charge < -0.3 is 4.74 Å². The van der Waals surface area contributed by atoms with Gasteiger partial charge in [-0.1, -0.05) is 48.0 Å². The molecule has 2 aromatic carbocycles. The molecule has 2 aromatic rings. The highest BCUT2D eigenvalue weighted by Crippen LogP contribution is 2.65. The van der Waals surface area contributed by atoms with E-state index in [1.807, 2.05) is 0 Å². The number of para-hydroxylation sites is 2. The Bertz CT molecular complexity index is 1110. The molecule has 1 heterocycles. The average molecular weight is 420 g/mol. The lowest BCUT2D eigenvalue weighted by Crippen LogP contribution is -2.40. The van der Waals surface area contributed by atoms with Crippen LogP contribution < -0.4 is 9.64 Å². The van der Waals surface area contributed by atoms with Gasteiger partial charge in [0.2, 0.25) is 11.8 Å². The third kappa shape index (κ3) is 2.39. The van der Waals surface area contributed by atoms with Gasteiger partial charge >= 0.3 is 5.97 Å². The number of halogens is 1. The summed E-state index contributed by atoms with van der Waals surface area (Å²) in [5, 5.41) is 0.279. The van der Waals surface area contributed by atoms with E-state index in [1.165, 1.54) is 4.90 Å². The molecule has 5 aliphatic rings. The van der Waals surface area contributed by atoms with Gasteiger partial charge in [-0.15, -0.1) is 0 Å². The van der Waals surface area contributed by atoms with Crippen LogP contribution in [0.5, 0.6) is 5.75 Å². The number of ether oxygens (including phenoxy) is 1. The van der Waals surface area contributed by atoms with Gasteiger partial charge in [0.25, 0.3) is 0 Å². The zero-order valence-corrected chi connectivity index (χ0v) is 16.7. The first-order valence-electron chi connectivity index (χ1n) is 10.2. The van der Waals surface area contributed by atoms with Crippen molar-refractivity contribution in [3.63, 3.8) is 0 Å². The van der Waals surface area contributed by atoms with Crippen molar-refractivity contribution in [2.45, 2.75) is 6.42 Å². The number of benzene rings is 2. The van der Waals surface area contributed by atoms with E-state index in [-0.39, 0.29) is 51.8 Å². The summed E-state index contributed by atoms with van der Waals surface area (Å²) in [7, 11) is 0. The Hall–Kier alpha value is -2.92. The number of esters is 1. The van der Waals surface area contributed by atoms with Crippen molar-refractivity contribution < 1.29 is 19.1 Å². The van der Waals surface area contributed by atoms with Gasteiger partial charge in [-0.25, -0.2) is 9.69 Å². The van der Waals surface area contributed by atoms with Crippen LogP contribution in [0.25, 0.3) is 0 Å². The molecule has 0 N–H and O–H groups in total. The van der Waals surface area contributed by atoms with Crippen molar-refractivity contribution >= 4 is 35.1 Å². The van der Waals surface area contributed by atoms with Crippen molar-refractivity contribution in [1.82, 2.24) is 0 Å². The molecule has 7 rings (SSSR count). The molecule has 0 radical (unpaired) electrons. The number of anilines is 1. The monoisotopic (exact) mass is 419 g/mol. The second-order valence-corrected chi connectivity index (χ2v) is 8.91. The van der Waals surface area contributed by atoms with Crippen LogP contribution in [0.2, 0.25) is 5.02 Å². The second kappa shape index (κ2) is 6.29. The van der Waals surface area contributed by atoms with Gasteiger partial charge in [0.05, 0.1) is 28.1 Å². The van der Waals surface area contributed by atoms with E-state index < -0.39 is 5.97 Å². The van der Waals surface area contributed by atoms with E-state index in [0.29, 0.717) is 17.5 Å². The summed E-state index contributed by atoms with van der Waals surface area (Å²) in [6.07, 6.45) is 5.39. The Balaban J connectivity index is 1.35. The van der Waals surface area contributed by atoms with E-state index in [0.717, 1.165) is 6.42 Å². The highest BCUT2D eigenvalue weighted by atomic mass is 35.5. The maximum Gasteiger partial charge on any atom is 0.345 e. The second-order valence-electron chi connectivity index (χ2n) is 8.50. The molecule has 2 bridgehead atoms. The fourth-order valence-electron chi connectivity index (χ4n) is 5.70. The zero-order chi connectivity index (χ0) is 20.6. The normalized spacial score (nSPS) is 32.8. The molecule has 0 unspecified atom stereocenters. The zero-order valence-electron chi connectivity index (χ0n) is 15.9. The Morgan fingerprint density at radius 1 is 0.900 bits per heavy atom. The van der Waals surface area contributed by atoms with E-state index in [1.54, 1.807) is 48.5 Å².